The number of rotatable bonds is 9. The van der Waals surface area contributed by atoms with Crippen LogP contribution >= 0.6 is 0 Å². The molecule has 0 bridgehead atoms. The van der Waals surface area contributed by atoms with Gasteiger partial charge in [-0.05, 0) is 42.8 Å². The van der Waals surface area contributed by atoms with Crippen LogP contribution in [0.25, 0.3) is 11.4 Å². The van der Waals surface area contributed by atoms with Crippen LogP contribution in [0.4, 0.5) is 5.82 Å². The standard InChI is InChI=1S/C24H23N7O6S/c1-14-8-9-19(27-13-14)38(33,34)31-23-20(37-18-7-5-4-6-17(18)35-2)24(36-3)29-22(28-23)15-10-11-26-16(12-15)21(25)30-32/h4-13,32H,1-3H3,(H2,25,30)(H,28,29,31). The predicted molar refractivity (Wildman–Crippen MR) is 136 cm³/mol. The van der Waals surface area contributed by atoms with E-state index in [9.17, 15) is 8.42 Å². The van der Waals surface area contributed by atoms with Crippen LogP contribution in [-0.2, 0) is 10.0 Å². The van der Waals surface area contributed by atoms with Gasteiger partial charge >= 0.3 is 0 Å². The van der Waals surface area contributed by atoms with Gasteiger partial charge in [-0.2, -0.15) is 13.4 Å². The lowest BCUT2D eigenvalue weighted by Gasteiger charge is -2.17. The second-order valence-corrected chi connectivity index (χ2v) is 9.31. The Labute approximate surface area is 218 Å². The zero-order chi connectivity index (χ0) is 27.3. The van der Waals surface area contributed by atoms with Crippen LogP contribution in [0.1, 0.15) is 11.3 Å². The molecule has 0 aliphatic carbocycles. The Bertz CT molecular complexity index is 1580. The zero-order valence-corrected chi connectivity index (χ0v) is 21.3. The number of para-hydroxylation sites is 2. The first-order valence-corrected chi connectivity index (χ1v) is 12.4. The summed E-state index contributed by atoms with van der Waals surface area (Å²) in [5.74, 6) is -0.165. The molecule has 0 atom stereocenters. The van der Waals surface area contributed by atoms with Crippen molar-refractivity contribution in [2.24, 2.45) is 0 Å². The zero-order valence-electron chi connectivity index (χ0n) is 20.5. The summed E-state index contributed by atoms with van der Waals surface area (Å²) in [5.41, 5.74) is 2.95. The van der Waals surface area contributed by atoms with E-state index < -0.39 is 10.0 Å². The molecular formula is C24H23N7O6S. The van der Waals surface area contributed by atoms with Gasteiger partial charge < -0.3 is 14.2 Å². The van der Waals surface area contributed by atoms with E-state index in [1.165, 1.54) is 38.7 Å². The highest BCUT2D eigenvalue weighted by molar-refractivity contribution is 7.92. The van der Waals surface area contributed by atoms with Crippen molar-refractivity contribution < 1.29 is 27.8 Å². The maximum Gasteiger partial charge on any atom is 0.280 e. The maximum absolute atomic E-state index is 13.2. The molecule has 14 heteroatoms. The van der Waals surface area contributed by atoms with E-state index in [4.69, 9.17) is 24.8 Å². The Balaban J connectivity index is 1.88. The summed E-state index contributed by atoms with van der Waals surface area (Å²) in [6, 6.07) is 12.7. The summed E-state index contributed by atoms with van der Waals surface area (Å²) in [7, 11) is -1.42. The number of benzene rings is 1. The Kier molecular flexibility index (Phi) is 7.64. The molecule has 0 spiro atoms. The topological polar surface area (TPSA) is 182 Å². The average molecular weight is 538 g/mol. The van der Waals surface area contributed by atoms with E-state index in [1.807, 2.05) is 0 Å². The third kappa shape index (κ3) is 5.61. The number of hydrogen-bond acceptors (Lipinski definition) is 11. The number of ether oxygens (including phenoxy) is 3. The number of nitrogens with one attached hydrogen (secondary N) is 3. The van der Waals surface area contributed by atoms with Crippen LogP contribution in [0.15, 0.2) is 66.0 Å². The molecule has 0 saturated heterocycles. The smallest absolute Gasteiger partial charge is 0.280 e. The van der Waals surface area contributed by atoms with Crippen LogP contribution in [0.2, 0.25) is 0 Å². The summed E-state index contributed by atoms with van der Waals surface area (Å²) in [6.45, 7) is 1.78. The van der Waals surface area contributed by atoms with E-state index in [0.29, 0.717) is 11.3 Å². The summed E-state index contributed by atoms with van der Waals surface area (Å²) < 4.78 is 45.7. The van der Waals surface area contributed by atoms with Gasteiger partial charge in [0.2, 0.25) is 5.75 Å². The molecule has 4 aromatic rings. The molecule has 1 aromatic carbocycles. The van der Waals surface area contributed by atoms with Crippen molar-refractivity contribution in [2.75, 3.05) is 18.9 Å². The molecule has 3 heterocycles. The van der Waals surface area contributed by atoms with Gasteiger partial charge in [-0.15, -0.1) is 0 Å². The number of methoxy groups -OCH3 is 2. The maximum atomic E-state index is 13.2. The van der Waals surface area contributed by atoms with E-state index in [1.54, 1.807) is 48.8 Å². The molecule has 13 nitrogen and oxygen atoms in total. The highest BCUT2D eigenvalue weighted by Crippen LogP contribution is 2.41. The summed E-state index contributed by atoms with van der Waals surface area (Å²) in [4.78, 5) is 16.8. The molecule has 0 unspecified atom stereocenters. The fourth-order valence-corrected chi connectivity index (χ4v) is 4.16. The van der Waals surface area contributed by atoms with E-state index in [-0.39, 0.29) is 45.6 Å². The van der Waals surface area contributed by atoms with E-state index in [0.717, 1.165) is 5.56 Å². The Morgan fingerprint density at radius 1 is 1.00 bits per heavy atom. The molecule has 0 fully saturated rings. The van der Waals surface area contributed by atoms with Crippen LogP contribution in [0.5, 0.6) is 23.1 Å². The van der Waals surface area contributed by atoms with Crippen molar-refractivity contribution in [1.29, 1.82) is 5.41 Å². The molecule has 38 heavy (non-hydrogen) atoms. The number of hydroxylamine groups is 1. The molecule has 0 amide bonds. The lowest BCUT2D eigenvalue weighted by atomic mass is 10.2. The Morgan fingerprint density at radius 3 is 2.42 bits per heavy atom. The first-order valence-electron chi connectivity index (χ1n) is 10.9. The predicted octanol–water partition coefficient (Wildman–Crippen LogP) is 3.16. The summed E-state index contributed by atoms with van der Waals surface area (Å²) >= 11 is 0. The molecule has 0 saturated carbocycles. The van der Waals surface area contributed by atoms with Crippen molar-refractivity contribution in [2.45, 2.75) is 11.9 Å². The quantitative estimate of drug-likeness (QED) is 0.140. The molecule has 4 N–H and O–H groups in total. The van der Waals surface area contributed by atoms with Gasteiger partial charge in [-0.25, -0.2) is 9.97 Å². The van der Waals surface area contributed by atoms with Crippen LogP contribution < -0.4 is 24.4 Å². The summed E-state index contributed by atoms with van der Waals surface area (Å²) in [6.07, 6.45) is 2.81. The highest BCUT2D eigenvalue weighted by atomic mass is 32.2. The lowest BCUT2D eigenvalue weighted by Crippen LogP contribution is -2.20. The van der Waals surface area contributed by atoms with E-state index >= 15 is 0 Å². The normalized spacial score (nSPS) is 10.9. The monoisotopic (exact) mass is 537 g/mol. The first kappa shape index (κ1) is 26.2. The van der Waals surface area contributed by atoms with Crippen LogP contribution in [0.3, 0.4) is 0 Å². The van der Waals surface area contributed by atoms with Crippen molar-refractivity contribution in [1.82, 2.24) is 25.4 Å². The van der Waals surface area contributed by atoms with Gasteiger partial charge in [0.1, 0.15) is 5.69 Å². The lowest BCUT2D eigenvalue weighted by molar-refractivity contribution is 0.234. The molecule has 0 aliphatic rings. The third-order valence-electron chi connectivity index (χ3n) is 5.09. The van der Waals surface area contributed by atoms with Crippen LogP contribution in [0, 0.1) is 12.3 Å². The number of aromatic nitrogens is 4. The SMILES string of the molecule is COc1ccccc1Oc1c(NS(=O)(=O)c2ccc(C)cn2)nc(-c2ccnc(C(=N)NO)c2)nc1OC. The summed E-state index contributed by atoms with van der Waals surface area (Å²) in [5, 5.41) is 16.6. The molecule has 196 valence electrons. The van der Waals surface area contributed by atoms with Gasteiger partial charge in [-0.3, -0.25) is 25.8 Å². The number of amidine groups is 1. The minimum absolute atomic E-state index is 0.0261. The molecular weight excluding hydrogens is 514 g/mol. The molecule has 0 aliphatic heterocycles. The van der Waals surface area contributed by atoms with Crippen molar-refractivity contribution >= 4 is 21.7 Å². The minimum Gasteiger partial charge on any atom is -0.493 e. The second-order valence-electron chi connectivity index (χ2n) is 7.68. The van der Waals surface area contributed by atoms with Gasteiger partial charge in [0, 0.05) is 18.0 Å². The van der Waals surface area contributed by atoms with Crippen molar-refractivity contribution in [3.05, 3.63) is 72.2 Å². The minimum atomic E-state index is -4.22. The van der Waals surface area contributed by atoms with Crippen molar-refractivity contribution in [3.8, 4) is 34.5 Å². The first-order chi connectivity index (χ1) is 18.2. The number of nitrogens with zero attached hydrogens (tertiary/aromatic N) is 4. The van der Waals surface area contributed by atoms with E-state index in [2.05, 4.69) is 24.7 Å². The number of pyridine rings is 2. The Morgan fingerprint density at radius 2 is 1.76 bits per heavy atom. The largest absolute Gasteiger partial charge is 0.493 e. The van der Waals surface area contributed by atoms with Crippen molar-refractivity contribution in [3.63, 3.8) is 0 Å². The number of sulfonamides is 1. The number of aryl methyl sites for hydroxylation is 1. The molecule has 0 radical (unpaired) electrons. The Hall–Kier alpha value is -4.82. The fourth-order valence-electron chi connectivity index (χ4n) is 3.23. The second kappa shape index (κ2) is 11.1. The fraction of sp³-hybridized carbons (Fsp3) is 0.125. The highest BCUT2D eigenvalue weighted by Gasteiger charge is 2.25. The van der Waals surface area contributed by atoms with Gasteiger partial charge in [0.25, 0.3) is 15.9 Å². The number of anilines is 1. The molecule has 4 rings (SSSR count). The molecule has 3 aromatic heterocycles. The number of hydrogen-bond donors (Lipinski definition) is 4. The van der Waals surface area contributed by atoms with Crippen LogP contribution in [-0.4, -0.2) is 53.6 Å². The third-order valence-corrected chi connectivity index (χ3v) is 6.34. The average Bonchev–Trinajstić information content (AvgIpc) is 2.93. The van der Waals surface area contributed by atoms with Gasteiger partial charge in [-0.1, -0.05) is 18.2 Å². The van der Waals surface area contributed by atoms with Gasteiger partial charge in [0.15, 0.2) is 34.0 Å². The van der Waals surface area contributed by atoms with Gasteiger partial charge in [0.05, 0.1) is 14.2 Å².